The van der Waals surface area contributed by atoms with Crippen LogP contribution in [0.4, 0.5) is 5.69 Å². The van der Waals surface area contributed by atoms with Crippen molar-refractivity contribution in [2.45, 2.75) is 13.3 Å². The van der Waals surface area contributed by atoms with Gasteiger partial charge in [0.1, 0.15) is 5.75 Å². The van der Waals surface area contributed by atoms with Gasteiger partial charge in [-0.3, -0.25) is 4.79 Å². The number of amides is 1. The molecule has 0 fully saturated rings. The summed E-state index contributed by atoms with van der Waals surface area (Å²) in [6.45, 7) is 3.47. The predicted molar refractivity (Wildman–Crippen MR) is 95.8 cm³/mol. The molecule has 7 nitrogen and oxygen atoms in total. The van der Waals surface area contributed by atoms with Gasteiger partial charge in [-0.1, -0.05) is 12.1 Å². The van der Waals surface area contributed by atoms with Crippen LogP contribution in [0, 0.1) is 0 Å². The van der Waals surface area contributed by atoms with Gasteiger partial charge in [-0.25, -0.2) is 12.7 Å². The highest BCUT2D eigenvalue weighted by molar-refractivity contribution is 7.88. The van der Waals surface area contributed by atoms with E-state index in [-0.39, 0.29) is 18.9 Å². The van der Waals surface area contributed by atoms with E-state index in [1.165, 1.54) is 4.31 Å². The number of sulfonamides is 1. The lowest BCUT2D eigenvalue weighted by Crippen LogP contribution is -2.37. The highest BCUT2D eigenvalue weighted by Gasteiger charge is 2.18. The van der Waals surface area contributed by atoms with E-state index < -0.39 is 10.0 Å². The van der Waals surface area contributed by atoms with Crippen molar-refractivity contribution in [3.63, 3.8) is 0 Å². The van der Waals surface area contributed by atoms with Crippen molar-refractivity contribution >= 4 is 21.6 Å². The van der Waals surface area contributed by atoms with Gasteiger partial charge in [-0.2, -0.15) is 0 Å². The summed E-state index contributed by atoms with van der Waals surface area (Å²) >= 11 is 0. The standard InChI is InChI=1S/C16H27N3O4S/c1-5-23-15-9-7-6-8-14(15)17-16(20)10-11-19(24(4,21)22)13-12-18(2)3/h6-9H,5,10-13H2,1-4H3,(H,17,20). The number of nitrogens with one attached hydrogen (secondary N) is 1. The molecule has 24 heavy (non-hydrogen) atoms. The van der Waals surface area contributed by atoms with E-state index in [4.69, 9.17) is 4.74 Å². The number of likely N-dealkylation sites (N-methyl/N-ethyl adjacent to an activating group) is 1. The Bertz CT molecular complexity index is 632. The fourth-order valence-electron chi connectivity index (χ4n) is 2.05. The van der Waals surface area contributed by atoms with Crippen LogP contribution in [-0.4, -0.2) is 70.1 Å². The molecular weight excluding hydrogens is 330 g/mol. The second-order valence-electron chi connectivity index (χ2n) is 5.69. The maximum Gasteiger partial charge on any atom is 0.225 e. The Morgan fingerprint density at radius 1 is 1.17 bits per heavy atom. The molecule has 0 atom stereocenters. The third-order valence-electron chi connectivity index (χ3n) is 3.31. The monoisotopic (exact) mass is 357 g/mol. The minimum Gasteiger partial charge on any atom is -0.492 e. The molecule has 0 aliphatic heterocycles. The van der Waals surface area contributed by atoms with Crippen LogP contribution in [-0.2, 0) is 14.8 Å². The Morgan fingerprint density at radius 2 is 1.83 bits per heavy atom. The number of carbonyl (C=O) groups excluding carboxylic acids is 1. The van der Waals surface area contributed by atoms with E-state index in [9.17, 15) is 13.2 Å². The van der Waals surface area contributed by atoms with Crippen LogP contribution in [0.5, 0.6) is 5.75 Å². The number of carbonyl (C=O) groups is 1. The number of rotatable bonds is 10. The highest BCUT2D eigenvalue weighted by atomic mass is 32.2. The van der Waals surface area contributed by atoms with Crippen LogP contribution in [0.2, 0.25) is 0 Å². The molecule has 0 aliphatic rings. The fraction of sp³-hybridized carbons (Fsp3) is 0.562. The van der Waals surface area contributed by atoms with Gasteiger partial charge in [0.25, 0.3) is 0 Å². The summed E-state index contributed by atoms with van der Waals surface area (Å²) in [6, 6.07) is 7.16. The van der Waals surface area contributed by atoms with Crippen molar-refractivity contribution in [1.29, 1.82) is 0 Å². The minimum atomic E-state index is -3.34. The van der Waals surface area contributed by atoms with Crippen molar-refractivity contribution < 1.29 is 17.9 Å². The molecule has 0 saturated carbocycles. The van der Waals surface area contributed by atoms with E-state index in [1.807, 2.05) is 32.0 Å². The summed E-state index contributed by atoms with van der Waals surface area (Å²) in [5.74, 6) is 0.349. The van der Waals surface area contributed by atoms with Gasteiger partial charge in [0, 0.05) is 26.1 Å². The van der Waals surface area contributed by atoms with Crippen LogP contribution in [0.1, 0.15) is 13.3 Å². The van der Waals surface area contributed by atoms with Gasteiger partial charge < -0.3 is 15.0 Å². The van der Waals surface area contributed by atoms with Crippen molar-refractivity contribution in [3.8, 4) is 5.75 Å². The lowest BCUT2D eigenvalue weighted by atomic mass is 10.2. The summed E-state index contributed by atoms with van der Waals surface area (Å²) < 4.78 is 30.4. The van der Waals surface area contributed by atoms with E-state index in [2.05, 4.69) is 5.32 Å². The molecule has 1 aromatic carbocycles. The predicted octanol–water partition coefficient (Wildman–Crippen LogP) is 1.24. The number of hydrogen-bond acceptors (Lipinski definition) is 5. The largest absolute Gasteiger partial charge is 0.492 e. The first kappa shape index (κ1) is 20.4. The second-order valence-corrected chi connectivity index (χ2v) is 7.68. The molecule has 136 valence electrons. The number of anilines is 1. The van der Waals surface area contributed by atoms with Gasteiger partial charge in [0.15, 0.2) is 0 Å². The third kappa shape index (κ3) is 7.29. The van der Waals surface area contributed by atoms with Gasteiger partial charge in [0.05, 0.1) is 18.6 Å². The van der Waals surface area contributed by atoms with Crippen LogP contribution in [0.3, 0.4) is 0 Å². The third-order valence-corrected chi connectivity index (χ3v) is 4.62. The van der Waals surface area contributed by atoms with Gasteiger partial charge >= 0.3 is 0 Å². The van der Waals surface area contributed by atoms with Crippen LogP contribution in [0.25, 0.3) is 0 Å². The molecule has 8 heteroatoms. The van der Waals surface area contributed by atoms with Gasteiger partial charge in [-0.15, -0.1) is 0 Å². The van der Waals surface area contributed by atoms with E-state index >= 15 is 0 Å². The quantitative estimate of drug-likeness (QED) is 0.681. The Kier molecular flexibility index (Phi) is 8.17. The summed E-state index contributed by atoms with van der Waals surface area (Å²) in [5.41, 5.74) is 0.587. The van der Waals surface area contributed by atoms with Crippen LogP contribution in [0.15, 0.2) is 24.3 Å². The maximum absolute atomic E-state index is 12.1. The van der Waals surface area contributed by atoms with Crippen molar-refractivity contribution in [2.75, 3.05) is 51.9 Å². The Hall–Kier alpha value is -1.64. The lowest BCUT2D eigenvalue weighted by molar-refractivity contribution is -0.116. The number of ether oxygens (including phenoxy) is 1. The van der Waals surface area contributed by atoms with Gasteiger partial charge in [-0.05, 0) is 33.2 Å². The number of nitrogens with zero attached hydrogens (tertiary/aromatic N) is 2. The molecule has 0 aromatic heterocycles. The molecule has 0 unspecified atom stereocenters. The molecule has 1 N–H and O–H groups in total. The lowest BCUT2D eigenvalue weighted by Gasteiger charge is -2.21. The first-order valence-electron chi connectivity index (χ1n) is 7.85. The molecular formula is C16H27N3O4S. The molecule has 0 bridgehead atoms. The molecule has 0 saturated heterocycles. The molecule has 1 amide bonds. The zero-order chi connectivity index (χ0) is 18.2. The summed E-state index contributed by atoms with van der Waals surface area (Å²) in [7, 11) is 0.402. The van der Waals surface area contributed by atoms with Crippen molar-refractivity contribution in [2.24, 2.45) is 0 Å². The number of para-hydroxylation sites is 2. The van der Waals surface area contributed by atoms with E-state index in [1.54, 1.807) is 18.2 Å². The average molecular weight is 357 g/mol. The van der Waals surface area contributed by atoms with Gasteiger partial charge in [0.2, 0.25) is 15.9 Å². The summed E-state index contributed by atoms with van der Waals surface area (Å²) in [4.78, 5) is 14.0. The number of hydrogen-bond donors (Lipinski definition) is 1. The maximum atomic E-state index is 12.1. The molecule has 0 aliphatic carbocycles. The molecule has 1 aromatic rings. The Balaban J connectivity index is 2.63. The zero-order valence-electron chi connectivity index (χ0n) is 14.8. The van der Waals surface area contributed by atoms with Crippen LogP contribution >= 0.6 is 0 Å². The molecule has 0 spiro atoms. The summed E-state index contributed by atoms with van der Waals surface area (Å²) in [6.07, 6.45) is 1.24. The summed E-state index contributed by atoms with van der Waals surface area (Å²) in [5, 5.41) is 2.77. The second kappa shape index (κ2) is 9.61. The van der Waals surface area contributed by atoms with E-state index in [0.29, 0.717) is 31.1 Å². The highest BCUT2D eigenvalue weighted by Crippen LogP contribution is 2.23. The zero-order valence-corrected chi connectivity index (χ0v) is 15.6. The number of benzene rings is 1. The smallest absolute Gasteiger partial charge is 0.225 e. The average Bonchev–Trinajstić information content (AvgIpc) is 2.47. The molecule has 1 rings (SSSR count). The Morgan fingerprint density at radius 3 is 2.42 bits per heavy atom. The van der Waals surface area contributed by atoms with Crippen LogP contribution < -0.4 is 10.1 Å². The first-order chi connectivity index (χ1) is 11.2. The normalized spacial score (nSPS) is 11.8. The topological polar surface area (TPSA) is 79.0 Å². The van der Waals surface area contributed by atoms with Crippen molar-refractivity contribution in [1.82, 2.24) is 9.21 Å². The SMILES string of the molecule is CCOc1ccccc1NC(=O)CCN(CCN(C)C)S(C)(=O)=O. The molecule has 0 heterocycles. The molecule has 0 radical (unpaired) electrons. The minimum absolute atomic E-state index is 0.0843. The van der Waals surface area contributed by atoms with Crippen molar-refractivity contribution in [3.05, 3.63) is 24.3 Å². The first-order valence-corrected chi connectivity index (χ1v) is 9.70. The van der Waals surface area contributed by atoms with E-state index in [0.717, 1.165) is 6.26 Å². The Labute approximate surface area is 144 Å². The fourth-order valence-corrected chi connectivity index (χ4v) is 2.88.